The molecular weight excluding hydrogens is 260 g/mol. The van der Waals surface area contributed by atoms with Crippen molar-refractivity contribution in [1.82, 2.24) is 0 Å². The van der Waals surface area contributed by atoms with E-state index in [1.54, 1.807) is 6.07 Å². The first-order valence-electron chi connectivity index (χ1n) is 6.34. The third-order valence-corrected chi connectivity index (χ3v) is 4.81. The van der Waals surface area contributed by atoms with Gasteiger partial charge in [0.25, 0.3) is 0 Å². The zero-order chi connectivity index (χ0) is 14.0. The molecule has 102 valence electrons. The minimum atomic E-state index is -1.03. The SMILES string of the molecule is CC(C)C(C)SCc1ccc2oc(C(=O)O)cc2c1. The molecule has 0 saturated heterocycles. The van der Waals surface area contributed by atoms with Crippen LogP contribution in [0.1, 0.15) is 36.9 Å². The third-order valence-electron chi connectivity index (χ3n) is 3.24. The van der Waals surface area contributed by atoms with E-state index in [-0.39, 0.29) is 5.76 Å². The number of hydrogen-bond donors (Lipinski definition) is 1. The lowest BCUT2D eigenvalue weighted by molar-refractivity contribution is 0.0665. The number of fused-ring (bicyclic) bond motifs is 1. The zero-order valence-corrected chi connectivity index (χ0v) is 12.2. The fourth-order valence-electron chi connectivity index (χ4n) is 1.71. The maximum atomic E-state index is 10.8. The summed E-state index contributed by atoms with van der Waals surface area (Å²) in [7, 11) is 0. The van der Waals surface area contributed by atoms with Crippen LogP contribution in [0.5, 0.6) is 0 Å². The Morgan fingerprint density at radius 3 is 2.68 bits per heavy atom. The van der Waals surface area contributed by atoms with E-state index in [9.17, 15) is 4.79 Å². The Hall–Kier alpha value is -1.42. The minimum absolute atomic E-state index is 0.00430. The van der Waals surface area contributed by atoms with Gasteiger partial charge in [0.15, 0.2) is 0 Å². The normalized spacial score (nSPS) is 13.1. The van der Waals surface area contributed by atoms with Gasteiger partial charge >= 0.3 is 5.97 Å². The van der Waals surface area contributed by atoms with Crippen LogP contribution in [-0.4, -0.2) is 16.3 Å². The number of furan rings is 1. The van der Waals surface area contributed by atoms with E-state index in [0.29, 0.717) is 16.8 Å². The summed E-state index contributed by atoms with van der Waals surface area (Å²) in [6.07, 6.45) is 0. The van der Waals surface area contributed by atoms with E-state index in [4.69, 9.17) is 9.52 Å². The maximum Gasteiger partial charge on any atom is 0.371 e. The summed E-state index contributed by atoms with van der Waals surface area (Å²) in [4.78, 5) is 10.8. The van der Waals surface area contributed by atoms with Crippen LogP contribution in [0.2, 0.25) is 0 Å². The summed E-state index contributed by atoms with van der Waals surface area (Å²) in [5.41, 5.74) is 1.82. The molecule has 2 rings (SSSR count). The van der Waals surface area contributed by atoms with E-state index in [2.05, 4.69) is 20.8 Å². The van der Waals surface area contributed by atoms with Gasteiger partial charge in [-0.15, -0.1) is 0 Å². The molecule has 4 heteroatoms. The zero-order valence-electron chi connectivity index (χ0n) is 11.3. The van der Waals surface area contributed by atoms with Crippen LogP contribution < -0.4 is 0 Å². The van der Waals surface area contributed by atoms with Crippen LogP contribution in [0.15, 0.2) is 28.7 Å². The monoisotopic (exact) mass is 278 g/mol. The first-order chi connectivity index (χ1) is 8.97. The molecule has 1 aromatic carbocycles. The fourth-order valence-corrected chi connectivity index (χ4v) is 2.73. The number of aromatic carboxylic acids is 1. The largest absolute Gasteiger partial charge is 0.475 e. The van der Waals surface area contributed by atoms with Crippen molar-refractivity contribution in [1.29, 1.82) is 0 Å². The highest BCUT2D eigenvalue weighted by Crippen LogP contribution is 2.26. The second kappa shape index (κ2) is 5.70. The standard InChI is InChI=1S/C15H18O3S/c1-9(2)10(3)19-8-11-4-5-13-12(6-11)7-14(18-13)15(16)17/h4-7,9-10H,8H2,1-3H3,(H,16,17). The molecule has 0 radical (unpaired) electrons. The molecule has 0 aliphatic carbocycles. The van der Waals surface area contributed by atoms with Crippen molar-refractivity contribution in [2.75, 3.05) is 0 Å². The van der Waals surface area contributed by atoms with Crippen LogP contribution >= 0.6 is 11.8 Å². The summed E-state index contributed by atoms with van der Waals surface area (Å²) >= 11 is 1.91. The number of benzene rings is 1. The quantitative estimate of drug-likeness (QED) is 0.880. The molecule has 3 nitrogen and oxygen atoms in total. The molecule has 0 amide bonds. The van der Waals surface area contributed by atoms with Crippen molar-refractivity contribution in [3.8, 4) is 0 Å². The van der Waals surface area contributed by atoms with Gasteiger partial charge in [-0.1, -0.05) is 26.8 Å². The molecule has 1 aromatic heterocycles. The lowest BCUT2D eigenvalue weighted by atomic mass is 10.1. The number of carboxylic acids is 1. The smallest absolute Gasteiger partial charge is 0.371 e. The van der Waals surface area contributed by atoms with Crippen molar-refractivity contribution in [3.63, 3.8) is 0 Å². The van der Waals surface area contributed by atoms with E-state index in [0.717, 1.165) is 11.1 Å². The number of thioether (sulfide) groups is 1. The van der Waals surface area contributed by atoms with Gasteiger partial charge in [0.05, 0.1) is 0 Å². The van der Waals surface area contributed by atoms with Gasteiger partial charge in [-0.25, -0.2) is 4.79 Å². The van der Waals surface area contributed by atoms with Gasteiger partial charge in [-0.3, -0.25) is 0 Å². The van der Waals surface area contributed by atoms with Crippen molar-refractivity contribution in [2.45, 2.75) is 31.8 Å². The molecule has 1 heterocycles. The van der Waals surface area contributed by atoms with E-state index < -0.39 is 5.97 Å². The Labute approximate surface area is 117 Å². The molecule has 0 bridgehead atoms. The molecular formula is C15H18O3S. The Morgan fingerprint density at radius 2 is 2.05 bits per heavy atom. The van der Waals surface area contributed by atoms with E-state index in [1.165, 1.54) is 5.56 Å². The number of carboxylic acid groups (broad SMARTS) is 1. The summed E-state index contributed by atoms with van der Waals surface area (Å²) in [6.45, 7) is 6.67. The van der Waals surface area contributed by atoms with E-state index >= 15 is 0 Å². The molecule has 0 aliphatic heterocycles. The number of carbonyl (C=O) groups is 1. The van der Waals surface area contributed by atoms with Gasteiger partial charge in [0.1, 0.15) is 5.58 Å². The van der Waals surface area contributed by atoms with Crippen LogP contribution in [-0.2, 0) is 5.75 Å². The average molecular weight is 278 g/mol. The van der Waals surface area contributed by atoms with Gasteiger partial charge < -0.3 is 9.52 Å². The summed E-state index contributed by atoms with van der Waals surface area (Å²) in [5.74, 6) is 0.556. The molecule has 0 fully saturated rings. The Bertz CT molecular complexity index is 586. The van der Waals surface area contributed by atoms with Crippen LogP contribution in [0.25, 0.3) is 11.0 Å². The number of rotatable bonds is 5. The predicted octanol–water partition coefficient (Wildman–Crippen LogP) is 4.41. The molecule has 1 unspecified atom stereocenters. The molecule has 2 aromatic rings. The maximum absolute atomic E-state index is 10.8. The topological polar surface area (TPSA) is 50.4 Å². The summed E-state index contributed by atoms with van der Waals surface area (Å²) < 4.78 is 5.24. The predicted molar refractivity (Wildman–Crippen MR) is 78.8 cm³/mol. The average Bonchev–Trinajstić information content (AvgIpc) is 2.78. The van der Waals surface area contributed by atoms with Crippen LogP contribution in [0, 0.1) is 5.92 Å². The summed E-state index contributed by atoms with van der Waals surface area (Å²) in [6, 6.07) is 7.43. The van der Waals surface area contributed by atoms with Gasteiger partial charge in [-0.2, -0.15) is 11.8 Å². The summed E-state index contributed by atoms with van der Waals surface area (Å²) in [5, 5.41) is 10.4. The Morgan fingerprint density at radius 1 is 1.32 bits per heavy atom. The van der Waals surface area contributed by atoms with Crippen LogP contribution in [0.4, 0.5) is 0 Å². The third kappa shape index (κ3) is 3.32. The second-order valence-corrected chi connectivity index (χ2v) is 6.41. The van der Waals surface area contributed by atoms with E-state index in [1.807, 2.05) is 30.0 Å². The lowest BCUT2D eigenvalue weighted by Gasteiger charge is -2.14. The van der Waals surface area contributed by atoms with Crippen molar-refractivity contribution in [2.24, 2.45) is 5.92 Å². The van der Waals surface area contributed by atoms with Gasteiger partial charge in [-0.05, 0) is 29.7 Å². The molecule has 19 heavy (non-hydrogen) atoms. The van der Waals surface area contributed by atoms with Crippen molar-refractivity contribution in [3.05, 3.63) is 35.6 Å². The fraction of sp³-hybridized carbons (Fsp3) is 0.400. The number of hydrogen-bond acceptors (Lipinski definition) is 3. The Balaban J connectivity index is 2.15. The lowest BCUT2D eigenvalue weighted by Crippen LogP contribution is -2.05. The second-order valence-electron chi connectivity index (χ2n) is 5.05. The minimum Gasteiger partial charge on any atom is -0.475 e. The highest BCUT2D eigenvalue weighted by molar-refractivity contribution is 7.99. The highest BCUT2D eigenvalue weighted by Gasteiger charge is 2.11. The Kier molecular flexibility index (Phi) is 4.20. The molecule has 1 atom stereocenters. The first-order valence-corrected chi connectivity index (χ1v) is 7.39. The van der Waals surface area contributed by atoms with Gasteiger partial charge in [0.2, 0.25) is 5.76 Å². The molecule has 0 spiro atoms. The highest BCUT2D eigenvalue weighted by atomic mass is 32.2. The van der Waals surface area contributed by atoms with Crippen LogP contribution in [0.3, 0.4) is 0 Å². The van der Waals surface area contributed by atoms with Crippen molar-refractivity contribution < 1.29 is 14.3 Å². The molecule has 0 saturated carbocycles. The first kappa shape index (κ1) is 14.0. The molecule has 1 N–H and O–H groups in total. The van der Waals surface area contributed by atoms with Gasteiger partial charge in [0, 0.05) is 16.4 Å². The molecule has 0 aliphatic rings. The van der Waals surface area contributed by atoms with Crippen molar-refractivity contribution >= 4 is 28.7 Å².